The predicted molar refractivity (Wildman–Crippen MR) is 88.9 cm³/mol. The van der Waals surface area contributed by atoms with Crippen molar-refractivity contribution in [3.63, 3.8) is 0 Å². The van der Waals surface area contributed by atoms with Gasteiger partial charge in [-0.05, 0) is 31.0 Å². The van der Waals surface area contributed by atoms with Crippen molar-refractivity contribution in [3.8, 4) is 0 Å². The zero-order chi connectivity index (χ0) is 16.4. The molecule has 0 aliphatic heterocycles. The van der Waals surface area contributed by atoms with Crippen molar-refractivity contribution in [1.29, 1.82) is 0 Å². The van der Waals surface area contributed by atoms with Gasteiger partial charge in [0.1, 0.15) is 6.61 Å². The Hall–Kier alpha value is -1.92. The van der Waals surface area contributed by atoms with Gasteiger partial charge in [-0.25, -0.2) is 4.98 Å². The number of nitrogens with zero attached hydrogens (tertiary/aromatic N) is 2. The molecule has 0 bridgehead atoms. The van der Waals surface area contributed by atoms with E-state index in [1.165, 1.54) is 23.2 Å². The van der Waals surface area contributed by atoms with Crippen molar-refractivity contribution < 1.29 is 14.3 Å². The SMILES string of the molecule is CC(=O)N(c1cccc(Cl)c1)c1nc(COC(=O)C2CC2)cs1. The third kappa shape index (κ3) is 3.89. The molecule has 1 aromatic carbocycles. The van der Waals surface area contributed by atoms with E-state index in [4.69, 9.17) is 16.3 Å². The smallest absolute Gasteiger partial charge is 0.309 e. The molecule has 1 saturated carbocycles. The topological polar surface area (TPSA) is 59.5 Å². The van der Waals surface area contributed by atoms with Crippen LogP contribution >= 0.6 is 22.9 Å². The van der Waals surface area contributed by atoms with Gasteiger partial charge in [-0.15, -0.1) is 11.3 Å². The van der Waals surface area contributed by atoms with Gasteiger partial charge >= 0.3 is 5.97 Å². The van der Waals surface area contributed by atoms with E-state index >= 15 is 0 Å². The first-order valence-corrected chi connectivity index (χ1v) is 8.47. The van der Waals surface area contributed by atoms with E-state index in [-0.39, 0.29) is 24.4 Å². The summed E-state index contributed by atoms with van der Waals surface area (Å²) < 4.78 is 5.21. The molecule has 2 aromatic rings. The fourth-order valence-electron chi connectivity index (χ4n) is 2.09. The Morgan fingerprint density at radius 2 is 2.22 bits per heavy atom. The standard InChI is InChI=1S/C16H15ClN2O3S/c1-10(20)19(14-4-2-3-12(17)7-14)16-18-13(9-23-16)8-22-15(21)11-5-6-11/h2-4,7,9,11H,5-6,8H2,1H3. The molecule has 3 rings (SSSR count). The van der Waals surface area contributed by atoms with E-state index in [1.54, 1.807) is 29.6 Å². The van der Waals surface area contributed by atoms with Gasteiger partial charge in [-0.3, -0.25) is 14.5 Å². The number of carbonyl (C=O) groups excluding carboxylic acids is 2. The summed E-state index contributed by atoms with van der Waals surface area (Å²) in [5.41, 5.74) is 1.29. The first-order chi connectivity index (χ1) is 11.0. The first-order valence-electron chi connectivity index (χ1n) is 7.22. The van der Waals surface area contributed by atoms with E-state index in [9.17, 15) is 9.59 Å². The van der Waals surface area contributed by atoms with Crippen molar-refractivity contribution in [1.82, 2.24) is 4.98 Å². The molecule has 120 valence electrons. The fourth-order valence-corrected chi connectivity index (χ4v) is 3.15. The Morgan fingerprint density at radius 3 is 2.87 bits per heavy atom. The summed E-state index contributed by atoms with van der Waals surface area (Å²) in [6.07, 6.45) is 1.82. The molecule has 0 spiro atoms. The van der Waals surface area contributed by atoms with E-state index in [0.29, 0.717) is 21.5 Å². The highest BCUT2D eigenvalue weighted by Gasteiger charge is 2.31. The largest absolute Gasteiger partial charge is 0.459 e. The maximum Gasteiger partial charge on any atom is 0.309 e. The molecule has 0 N–H and O–H groups in total. The van der Waals surface area contributed by atoms with Gasteiger partial charge in [0.05, 0.1) is 17.3 Å². The van der Waals surface area contributed by atoms with Gasteiger partial charge in [0.25, 0.3) is 0 Å². The van der Waals surface area contributed by atoms with Crippen LogP contribution in [-0.2, 0) is 20.9 Å². The number of aromatic nitrogens is 1. The summed E-state index contributed by atoms with van der Waals surface area (Å²) in [4.78, 5) is 29.4. The van der Waals surface area contributed by atoms with Gasteiger partial charge in [0.15, 0.2) is 5.13 Å². The Kier molecular flexibility index (Phi) is 4.63. The summed E-state index contributed by atoms with van der Waals surface area (Å²) in [7, 11) is 0. The minimum absolute atomic E-state index is 0.0632. The average molecular weight is 351 g/mol. The van der Waals surface area contributed by atoms with E-state index in [0.717, 1.165) is 12.8 Å². The maximum absolute atomic E-state index is 12.0. The highest BCUT2D eigenvalue weighted by Crippen LogP contribution is 2.32. The van der Waals surface area contributed by atoms with Gasteiger partial charge < -0.3 is 4.74 Å². The molecule has 1 heterocycles. The highest BCUT2D eigenvalue weighted by atomic mass is 35.5. The fraction of sp³-hybridized carbons (Fsp3) is 0.312. The van der Waals surface area contributed by atoms with Gasteiger partial charge in [0, 0.05) is 17.3 Å². The first kappa shape index (κ1) is 16.0. The normalized spacial score (nSPS) is 13.7. The lowest BCUT2D eigenvalue weighted by atomic mass is 10.3. The minimum atomic E-state index is -0.169. The van der Waals surface area contributed by atoms with Gasteiger partial charge in [-0.1, -0.05) is 17.7 Å². The zero-order valence-corrected chi connectivity index (χ0v) is 14.1. The molecule has 5 nitrogen and oxygen atoms in total. The van der Waals surface area contributed by atoms with Crippen molar-refractivity contribution in [2.24, 2.45) is 5.92 Å². The number of hydrogen-bond donors (Lipinski definition) is 0. The second kappa shape index (κ2) is 6.68. The highest BCUT2D eigenvalue weighted by molar-refractivity contribution is 7.14. The van der Waals surface area contributed by atoms with Crippen LogP contribution in [0.1, 0.15) is 25.5 Å². The van der Waals surface area contributed by atoms with Gasteiger partial charge in [0.2, 0.25) is 5.91 Å². The molecule has 0 saturated heterocycles. The Morgan fingerprint density at radius 1 is 1.43 bits per heavy atom. The van der Waals surface area contributed by atoms with Crippen LogP contribution in [0.15, 0.2) is 29.6 Å². The summed E-state index contributed by atoms with van der Waals surface area (Å²) in [6, 6.07) is 7.02. The van der Waals surface area contributed by atoms with E-state index < -0.39 is 0 Å². The number of esters is 1. The Labute approximate surface area is 142 Å². The molecular weight excluding hydrogens is 336 g/mol. The molecule has 23 heavy (non-hydrogen) atoms. The Bertz CT molecular complexity index is 742. The second-order valence-electron chi connectivity index (χ2n) is 5.34. The molecule has 1 aromatic heterocycles. The molecule has 1 aliphatic rings. The third-order valence-electron chi connectivity index (χ3n) is 3.39. The lowest BCUT2D eigenvalue weighted by Gasteiger charge is -2.18. The van der Waals surface area contributed by atoms with Crippen LogP contribution in [0.5, 0.6) is 0 Å². The molecule has 0 unspecified atom stereocenters. The molecule has 1 amide bonds. The summed E-state index contributed by atoms with van der Waals surface area (Å²) >= 11 is 7.32. The van der Waals surface area contributed by atoms with Crippen LogP contribution in [0.4, 0.5) is 10.8 Å². The number of carbonyl (C=O) groups is 2. The molecule has 1 aliphatic carbocycles. The summed E-state index contributed by atoms with van der Waals surface area (Å²) in [6.45, 7) is 1.60. The lowest BCUT2D eigenvalue weighted by molar-refractivity contribution is -0.146. The molecule has 0 atom stereocenters. The number of thiazole rings is 1. The van der Waals surface area contributed by atoms with Crippen molar-refractivity contribution in [2.45, 2.75) is 26.4 Å². The number of anilines is 2. The zero-order valence-electron chi connectivity index (χ0n) is 12.5. The quantitative estimate of drug-likeness (QED) is 0.766. The van der Waals surface area contributed by atoms with Crippen molar-refractivity contribution >= 4 is 45.6 Å². The monoisotopic (exact) mass is 350 g/mol. The lowest BCUT2D eigenvalue weighted by Crippen LogP contribution is -2.22. The Balaban J connectivity index is 1.75. The average Bonchev–Trinajstić information content (AvgIpc) is 3.26. The number of benzene rings is 1. The van der Waals surface area contributed by atoms with E-state index in [1.807, 2.05) is 0 Å². The number of rotatable bonds is 5. The van der Waals surface area contributed by atoms with Crippen molar-refractivity contribution in [3.05, 3.63) is 40.4 Å². The maximum atomic E-state index is 12.0. The van der Waals surface area contributed by atoms with Crippen LogP contribution in [0.2, 0.25) is 5.02 Å². The van der Waals surface area contributed by atoms with Crippen LogP contribution in [0, 0.1) is 5.92 Å². The van der Waals surface area contributed by atoms with Gasteiger partial charge in [-0.2, -0.15) is 0 Å². The third-order valence-corrected chi connectivity index (χ3v) is 4.49. The second-order valence-corrected chi connectivity index (χ2v) is 6.61. The van der Waals surface area contributed by atoms with Crippen LogP contribution < -0.4 is 4.90 Å². The van der Waals surface area contributed by atoms with Crippen LogP contribution in [-0.4, -0.2) is 16.9 Å². The summed E-state index contributed by atoms with van der Waals surface area (Å²) in [5.74, 6) is -0.269. The number of amides is 1. The molecule has 0 radical (unpaired) electrons. The molecule has 7 heteroatoms. The number of ether oxygens (including phenoxy) is 1. The minimum Gasteiger partial charge on any atom is -0.459 e. The van der Waals surface area contributed by atoms with Crippen molar-refractivity contribution in [2.75, 3.05) is 4.90 Å². The van der Waals surface area contributed by atoms with Crippen LogP contribution in [0.25, 0.3) is 0 Å². The predicted octanol–water partition coefficient (Wildman–Crippen LogP) is 3.93. The molecular formula is C16H15ClN2O3S. The number of hydrogen-bond acceptors (Lipinski definition) is 5. The number of halogens is 1. The van der Waals surface area contributed by atoms with E-state index in [2.05, 4.69) is 4.98 Å². The molecule has 1 fully saturated rings. The van der Waals surface area contributed by atoms with Crippen LogP contribution in [0.3, 0.4) is 0 Å². The summed E-state index contributed by atoms with van der Waals surface area (Å²) in [5, 5.41) is 2.86.